The van der Waals surface area contributed by atoms with Crippen molar-refractivity contribution in [2.24, 2.45) is 5.92 Å². The summed E-state index contributed by atoms with van der Waals surface area (Å²) in [6.45, 7) is 19.8. The van der Waals surface area contributed by atoms with Crippen LogP contribution in [-0.2, 0) is 38.4 Å². The van der Waals surface area contributed by atoms with Gasteiger partial charge in [0.1, 0.15) is 0 Å². The van der Waals surface area contributed by atoms with E-state index in [1.807, 2.05) is 18.4 Å². The van der Waals surface area contributed by atoms with Gasteiger partial charge in [-0.15, -0.1) is 23.2 Å². The summed E-state index contributed by atoms with van der Waals surface area (Å²) in [5, 5.41) is 10.9. The van der Waals surface area contributed by atoms with E-state index in [4.69, 9.17) is 28.3 Å². The SMILES string of the molecule is CCCCC1C(=O)C=C(C)C1=O.CCCCN(C(=O)/C=C\C(C)=O)[Si](C)(C)C.CCCCN1C(=O)C=CC1=O.CCCCNC(=O)/C=C\C(=O)O.ClCCl. The third-order valence-electron chi connectivity index (χ3n) is 7.37. The second-order valence-corrected chi connectivity index (χ2v) is 18.9. The van der Waals surface area contributed by atoms with Crippen LogP contribution < -0.4 is 5.32 Å². The van der Waals surface area contributed by atoms with Crippen LogP contribution in [0.2, 0.25) is 19.6 Å². The lowest BCUT2D eigenvalue weighted by Crippen LogP contribution is -2.49. The fraction of sp³-hybridized carbons (Fsp3) is 0.590. The van der Waals surface area contributed by atoms with E-state index in [1.165, 1.54) is 42.2 Å². The van der Waals surface area contributed by atoms with E-state index in [0.29, 0.717) is 18.7 Å². The van der Waals surface area contributed by atoms with Crippen LogP contribution in [0.1, 0.15) is 99.3 Å². The van der Waals surface area contributed by atoms with E-state index < -0.39 is 14.2 Å². The van der Waals surface area contributed by atoms with Gasteiger partial charge in [-0.05, 0) is 57.3 Å². The molecule has 1 aliphatic heterocycles. The van der Waals surface area contributed by atoms with Gasteiger partial charge in [0.2, 0.25) is 11.8 Å². The summed E-state index contributed by atoms with van der Waals surface area (Å²) >= 11 is 9.53. The molecule has 0 bridgehead atoms. The predicted molar refractivity (Wildman–Crippen MR) is 219 cm³/mol. The number of allylic oxidation sites excluding steroid dienone is 3. The molecule has 2 rings (SSSR count). The molecule has 0 radical (unpaired) electrons. The van der Waals surface area contributed by atoms with Crippen LogP contribution >= 0.6 is 23.2 Å². The number of hydrogen-bond acceptors (Lipinski definition) is 8. The van der Waals surface area contributed by atoms with Crippen LogP contribution in [-0.4, -0.2) is 94.7 Å². The smallest absolute Gasteiger partial charge is 0.328 e. The number of nitrogens with one attached hydrogen (secondary N) is 1. The Labute approximate surface area is 333 Å². The van der Waals surface area contributed by atoms with Crippen molar-refractivity contribution in [2.45, 2.75) is 119 Å². The van der Waals surface area contributed by atoms with Crippen LogP contribution in [0.5, 0.6) is 0 Å². The number of hydrogen-bond donors (Lipinski definition) is 2. The van der Waals surface area contributed by atoms with Crippen molar-refractivity contribution < 1.29 is 43.5 Å². The van der Waals surface area contributed by atoms with Crippen molar-refractivity contribution in [1.82, 2.24) is 14.8 Å². The number of carboxylic acids is 1. The number of carboxylic acid groups (broad SMARTS) is 1. The summed E-state index contributed by atoms with van der Waals surface area (Å²) in [6.07, 6.45) is 17.3. The quantitative estimate of drug-likeness (QED) is 0.0385. The Morgan fingerprint density at radius 1 is 0.833 bits per heavy atom. The molecule has 0 aromatic carbocycles. The van der Waals surface area contributed by atoms with Crippen LogP contribution in [0, 0.1) is 5.92 Å². The van der Waals surface area contributed by atoms with Gasteiger partial charge in [-0.3, -0.25) is 38.5 Å². The van der Waals surface area contributed by atoms with Gasteiger partial charge in [-0.1, -0.05) is 79.4 Å². The second-order valence-electron chi connectivity index (χ2n) is 13.2. The van der Waals surface area contributed by atoms with E-state index in [9.17, 15) is 38.4 Å². The van der Waals surface area contributed by atoms with Crippen molar-refractivity contribution >= 4 is 78.4 Å². The number of alkyl halides is 2. The van der Waals surface area contributed by atoms with Crippen LogP contribution in [0.25, 0.3) is 0 Å². The van der Waals surface area contributed by atoms with Gasteiger partial charge in [0.05, 0.1) is 11.3 Å². The molecular weight excluding hydrogens is 753 g/mol. The molecule has 0 saturated carbocycles. The Hall–Kier alpha value is -3.68. The highest BCUT2D eigenvalue weighted by atomic mass is 35.5. The number of carbonyl (C=O) groups excluding carboxylic acids is 7. The zero-order valence-corrected chi connectivity index (χ0v) is 36.2. The average Bonchev–Trinajstić information content (AvgIpc) is 3.54. The number of carbonyl (C=O) groups is 8. The number of rotatable bonds is 17. The molecular formula is C39H63Cl2N3O9Si. The molecule has 12 nitrogen and oxygen atoms in total. The average molecular weight is 817 g/mol. The molecule has 1 heterocycles. The molecule has 2 N–H and O–H groups in total. The Morgan fingerprint density at radius 2 is 1.35 bits per heavy atom. The first-order valence-electron chi connectivity index (χ1n) is 18.4. The van der Waals surface area contributed by atoms with Crippen molar-refractivity contribution in [3.05, 3.63) is 48.1 Å². The van der Waals surface area contributed by atoms with E-state index in [-0.39, 0.29) is 52.2 Å². The maximum absolute atomic E-state index is 11.9. The lowest BCUT2D eigenvalue weighted by atomic mass is 9.97. The molecule has 54 heavy (non-hydrogen) atoms. The molecule has 0 aromatic heterocycles. The fourth-order valence-corrected chi connectivity index (χ4v) is 5.97. The number of amides is 4. The highest BCUT2D eigenvalue weighted by Gasteiger charge is 2.31. The zero-order valence-electron chi connectivity index (χ0n) is 33.7. The standard InChI is InChI=1S/C12H23NO2Si.C10H14O2.C8H13NO3.C8H11NO2.CH2Cl2/c1-6-7-10-13(16(3,4)5)12(15)9-8-11(2)14;1-3-4-5-8-9(11)6-7(2)10(8)12;1-2-3-6-9-7(10)4-5-8(11)12;1-2-3-6-9-7(10)4-5-8(9)11;2-1-3/h8-9H,6-7,10H2,1-5H3;6,8H,3-5H2,1-2H3;4-5H,2-3,6H2,1H3,(H,9,10)(H,11,12);4-5H,2-3,6H2,1H3;1H2/b9-8-;;5-4-;;. The Balaban J connectivity index is -0.000000631. The van der Waals surface area contributed by atoms with Crippen LogP contribution in [0.4, 0.5) is 0 Å². The lowest BCUT2D eigenvalue weighted by molar-refractivity contribution is -0.137. The Bertz CT molecular complexity index is 1320. The maximum atomic E-state index is 11.9. The molecule has 1 aliphatic carbocycles. The van der Waals surface area contributed by atoms with E-state index in [2.05, 4.69) is 38.8 Å². The first kappa shape index (κ1) is 54.7. The number of nitrogens with zero attached hydrogens (tertiary/aromatic N) is 2. The molecule has 0 saturated heterocycles. The molecule has 4 amide bonds. The van der Waals surface area contributed by atoms with Crippen molar-refractivity contribution in [3.8, 4) is 0 Å². The molecule has 0 aromatic rings. The van der Waals surface area contributed by atoms with Gasteiger partial charge >= 0.3 is 5.97 Å². The summed E-state index contributed by atoms with van der Waals surface area (Å²) in [6, 6.07) is 0. The summed E-state index contributed by atoms with van der Waals surface area (Å²) in [5.41, 5.74) is 0.626. The number of ketones is 3. The third-order valence-corrected chi connectivity index (χ3v) is 9.43. The van der Waals surface area contributed by atoms with Crippen molar-refractivity contribution in [2.75, 3.05) is 25.0 Å². The van der Waals surface area contributed by atoms with Crippen LogP contribution in [0.15, 0.2) is 48.1 Å². The second kappa shape index (κ2) is 32.7. The number of imide groups is 1. The number of aliphatic carboxylic acids is 1. The predicted octanol–water partition coefficient (Wildman–Crippen LogP) is 7.16. The highest BCUT2D eigenvalue weighted by molar-refractivity contribution is 6.75. The number of Topliss-reactive ketones (excluding diaryl/α,β-unsaturated/α-hetero) is 1. The minimum absolute atomic E-state index is 0.00551. The largest absolute Gasteiger partial charge is 0.478 e. The zero-order chi connectivity index (χ0) is 42.3. The molecule has 0 spiro atoms. The molecule has 1 atom stereocenters. The molecule has 1 unspecified atom stereocenters. The van der Waals surface area contributed by atoms with E-state index >= 15 is 0 Å². The summed E-state index contributed by atoms with van der Waals surface area (Å²) in [4.78, 5) is 89.1. The van der Waals surface area contributed by atoms with Gasteiger partial charge in [0, 0.05) is 50.0 Å². The van der Waals surface area contributed by atoms with Gasteiger partial charge in [0.25, 0.3) is 11.8 Å². The van der Waals surface area contributed by atoms with Crippen LogP contribution in [0.3, 0.4) is 0 Å². The molecule has 306 valence electrons. The summed E-state index contributed by atoms with van der Waals surface area (Å²) in [7, 11) is -1.64. The summed E-state index contributed by atoms with van der Waals surface area (Å²) in [5.74, 6) is -2.23. The molecule has 0 fully saturated rings. The van der Waals surface area contributed by atoms with Gasteiger partial charge < -0.3 is 15.0 Å². The van der Waals surface area contributed by atoms with Crippen molar-refractivity contribution in [1.29, 1.82) is 0 Å². The Kier molecular flexibility index (Phi) is 33.1. The minimum atomic E-state index is -1.64. The molecule has 2 aliphatic rings. The fourth-order valence-electron chi connectivity index (χ4n) is 4.40. The highest BCUT2D eigenvalue weighted by Crippen LogP contribution is 2.22. The number of halogens is 2. The number of unbranched alkanes of at least 4 members (excludes halogenated alkanes) is 4. The lowest BCUT2D eigenvalue weighted by Gasteiger charge is -2.33. The monoisotopic (exact) mass is 815 g/mol. The van der Waals surface area contributed by atoms with E-state index in [1.54, 1.807) is 6.92 Å². The first-order chi connectivity index (χ1) is 25.3. The third kappa shape index (κ3) is 27.9. The van der Waals surface area contributed by atoms with E-state index in [0.717, 1.165) is 76.5 Å². The summed E-state index contributed by atoms with van der Waals surface area (Å²) < 4.78 is 1.94. The first-order valence-corrected chi connectivity index (χ1v) is 22.9. The minimum Gasteiger partial charge on any atom is -0.478 e. The Morgan fingerprint density at radius 3 is 1.76 bits per heavy atom. The maximum Gasteiger partial charge on any atom is 0.328 e. The topological polar surface area (TPSA) is 175 Å². The molecule has 15 heteroatoms. The van der Waals surface area contributed by atoms with Gasteiger partial charge in [-0.2, -0.15) is 0 Å². The van der Waals surface area contributed by atoms with Gasteiger partial charge in [0.15, 0.2) is 25.6 Å². The van der Waals surface area contributed by atoms with Gasteiger partial charge in [-0.25, -0.2) is 4.79 Å². The van der Waals surface area contributed by atoms with Crippen molar-refractivity contribution in [3.63, 3.8) is 0 Å². The normalized spacial score (nSPS) is 14.6.